The van der Waals surface area contributed by atoms with Gasteiger partial charge in [-0.05, 0) is 43.2 Å². The van der Waals surface area contributed by atoms with E-state index in [0.29, 0.717) is 31.2 Å². The van der Waals surface area contributed by atoms with E-state index in [-0.39, 0.29) is 11.9 Å². The molecule has 0 bridgehead atoms. The molecule has 0 fully saturated rings. The maximum Gasteiger partial charge on any atom is 0.251 e. The molecule has 1 amide bonds. The van der Waals surface area contributed by atoms with Gasteiger partial charge in [0.25, 0.3) is 5.91 Å². The average molecular weight is 383 g/mol. The Kier molecular flexibility index (Phi) is 8.85. The number of amides is 1. The van der Waals surface area contributed by atoms with Gasteiger partial charge in [0, 0.05) is 25.2 Å². The summed E-state index contributed by atoms with van der Waals surface area (Å²) in [5.74, 6) is 1.52. The number of nitrogens with one attached hydrogen (secondary N) is 3. The van der Waals surface area contributed by atoms with Gasteiger partial charge in [-0.1, -0.05) is 37.3 Å². The summed E-state index contributed by atoms with van der Waals surface area (Å²) in [5.41, 5.74) is 1.74. The van der Waals surface area contributed by atoms with Gasteiger partial charge in [0.1, 0.15) is 12.4 Å². The van der Waals surface area contributed by atoms with Crippen LogP contribution in [0.5, 0.6) is 5.75 Å². The number of rotatable bonds is 9. The highest BCUT2D eigenvalue weighted by Gasteiger charge is 2.08. The minimum absolute atomic E-state index is 0.0373. The third kappa shape index (κ3) is 7.31. The quantitative estimate of drug-likeness (QED) is 0.354. The van der Waals surface area contributed by atoms with Crippen LogP contribution < -0.4 is 20.7 Å². The molecular formula is C22H30N4O2. The average Bonchev–Trinajstić information content (AvgIpc) is 2.74. The summed E-state index contributed by atoms with van der Waals surface area (Å²) in [7, 11) is 1.73. The fourth-order valence-electron chi connectivity index (χ4n) is 2.44. The van der Waals surface area contributed by atoms with Crippen LogP contribution in [0.3, 0.4) is 0 Å². The second-order valence-corrected chi connectivity index (χ2v) is 6.49. The zero-order valence-corrected chi connectivity index (χ0v) is 16.9. The first-order valence-electron chi connectivity index (χ1n) is 9.64. The summed E-state index contributed by atoms with van der Waals surface area (Å²) in [5, 5.41) is 9.44. The lowest BCUT2D eigenvalue weighted by molar-refractivity contribution is 0.0939. The molecule has 28 heavy (non-hydrogen) atoms. The number of aliphatic imine (C=N–C) groups is 1. The molecule has 3 N–H and O–H groups in total. The Morgan fingerprint density at radius 1 is 1.07 bits per heavy atom. The second-order valence-electron chi connectivity index (χ2n) is 6.49. The number of benzene rings is 2. The second kappa shape index (κ2) is 11.6. The first-order valence-corrected chi connectivity index (χ1v) is 9.64. The normalized spacial score (nSPS) is 12.2. The van der Waals surface area contributed by atoms with Crippen LogP contribution in [0, 0.1) is 0 Å². The summed E-state index contributed by atoms with van der Waals surface area (Å²) in [6, 6.07) is 17.5. The number of guanidine groups is 1. The lowest BCUT2D eigenvalue weighted by Gasteiger charge is -2.13. The van der Waals surface area contributed by atoms with Gasteiger partial charge in [-0.25, -0.2) is 0 Å². The van der Waals surface area contributed by atoms with Gasteiger partial charge in [-0.3, -0.25) is 9.79 Å². The highest BCUT2D eigenvalue weighted by atomic mass is 16.5. The molecule has 6 heteroatoms. The van der Waals surface area contributed by atoms with Crippen molar-refractivity contribution in [3.8, 4) is 5.75 Å². The van der Waals surface area contributed by atoms with Gasteiger partial charge in [-0.2, -0.15) is 0 Å². The number of hydrogen-bond acceptors (Lipinski definition) is 3. The van der Waals surface area contributed by atoms with Gasteiger partial charge in [0.15, 0.2) is 5.96 Å². The van der Waals surface area contributed by atoms with Crippen LogP contribution in [0.1, 0.15) is 36.2 Å². The predicted octanol–water partition coefficient (Wildman–Crippen LogP) is 2.96. The van der Waals surface area contributed by atoms with E-state index in [1.807, 2.05) is 61.5 Å². The van der Waals surface area contributed by atoms with Crippen molar-refractivity contribution in [2.75, 3.05) is 20.2 Å². The molecule has 0 aliphatic carbocycles. The van der Waals surface area contributed by atoms with Crippen LogP contribution in [-0.4, -0.2) is 38.1 Å². The molecule has 0 heterocycles. The minimum atomic E-state index is -0.0373. The van der Waals surface area contributed by atoms with Crippen LogP contribution in [0.4, 0.5) is 0 Å². The topological polar surface area (TPSA) is 74.8 Å². The van der Waals surface area contributed by atoms with E-state index in [4.69, 9.17) is 4.74 Å². The van der Waals surface area contributed by atoms with Gasteiger partial charge in [-0.15, -0.1) is 0 Å². The summed E-state index contributed by atoms with van der Waals surface area (Å²) in [4.78, 5) is 16.3. The lowest BCUT2D eigenvalue weighted by Crippen LogP contribution is -2.38. The fraction of sp³-hybridized carbons (Fsp3) is 0.364. The van der Waals surface area contributed by atoms with Crippen molar-refractivity contribution in [2.45, 2.75) is 32.9 Å². The third-order valence-corrected chi connectivity index (χ3v) is 4.30. The largest absolute Gasteiger partial charge is 0.492 e. The van der Waals surface area contributed by atoms with E-state index in [9.17, 15) is 4.79 Å². The third-order valence-electron chi connectivity index (χ3n) is 4.30. The number of hydrogen-bond donors (Lipinski definition) is 3. The zero-order valence-electron chi connectivity index (χ0n) is 16.9. The molecule has 0 aliphatic rings. The van der Waals surface area contributed by atoms with Crippen molar-refractivity contribution in [3.05, 3.63) is 65.7 Å². The molecule has 2 aromatic carbocycles. The van der Waals surface area contributed by atoms with Gasteiger partial charge in [0.2, 0.25) is 0 Å². The maximum atomic E-state index is 12.1. The van der Waals surface area contributed by atoms with E-state index in [1.165, 1.54) is 0 Å². The molecule has 150 valence electrons. The number of ether oxygens (including phenoxy) is 1. The first-order chi connectivity index (χ1) is 13.6. The number of carbonyl (C=O) groups is 1. The molecule has 0 aliphatic heterocycles. The van der Waals surface area contributed by atoms with Crippen molar-refractivity contribution >= 4 is 11.9 Å². The smallest absolute Gasteiger partial charge is 0.251 e. The molecule has 2 aromatic rings. The Morgan fingerprint density at radius 2 is 1.79 bits per heavy atom. The van der Waals surface area contributed by atoms with Crippen molar-refractivity contribution < 1.29 is 9.53 Å². The van der Waals surface area contributed by atoms with Crippen LogP contribution in [0.15, 0.2) is 59.6 Å². The van der Waals surface area contributed by atoms with Crippen molar-refractivity contribution in [3.63, 3.8) is 0 Å². The van der Waals surface area contributed by atoms with Crippen LogP contribution >= 0.6 is 0 Å². The number of carbonyl (C=O) groups excluding carboxylic acids is 1. The maximum absolute atomic E-state index is 12.1. The molecule has 0 saturated carbocycles. The molecule has 0 aromatic heterocycles. The summed E-state index contributed by atoms with van der Waals surface area (Å²) in [6.07, 6.45) is 0.913. The van der Waals surface area contributed by atoms with E-state index >= 15 is 0 Å². The summed E-state index contributed by atoms with van der Waals surface area (Å²) in [6.45, 7) is 5.86. The molecule has 2 rings (SSSR count). The first kappa shape index (κ1) is 21.3. The Hall–Kier alpha value is -3.02. The van der Waals surface area contributed by atoms with Crippen molar-refractivity contribution in [1.82, 2.24) is 16.0 Å². The minimum Gasteiger partial charge on any atom is -0.492 e. The van der Waals surface area contributed by atoms with Crippen molar-refractivity contribution in [2.24, 2.45) is 4.99 Å². The molecule has 0 spiro atoms. The Bertz CT molecular complexity index is 745. The van der Waals surface area contributed by atoms with Crippen molar-refractivity contribution in [1.29, 1.82) is 0 Å². The Labute approximate surface area is 167 Å². The Balaban J connectivity index is 1.73. The van der Waals surface area contributed by atoms with E-state index < -0.39 is 0 Å². The molecule has 6 nitrogen and oxygen atoms in total. The van der Waals surface area contributed by atoms with Crippen LogP contribution in [0.25, 0.3) is 0 Å². The number of para-hydroxylation sites is 1. The van der Waals surface area contributed by atoms with E-state index in [0.717, 1.165) is 17.7 Å². The highest BCUT2D eigenvalue weighted by Crippen LogP contribution is 2.07. The van der Waals surface area contributed by atoms with Gasteiger partial charge >= 0.3 is 0 Å². The monoisotopic (exact) mass is 382 g/mol. The van der Waals surface area contributed by atoms with Gasteiger partial charge < -0.3 is 20.7 Å². The summed E-state index contributed by atoms with van der Waals surface area (Å²) < 4.78 is 5.65. The van der Waals surface area contributed by atoms with Crippen LogP contribution in [0.2, 0.25) is 0 Å². The Morgan fingerprint density at radius 3 is 2.43 bits per heavy atom. The number of nitrogens with zero attached hydrogens (tertiary/aromatic N) is 1. The standard InChI is InChI=1S/C22H30N4O2/c1-4-17(2)26-21(27)19-12-10-18(11-13-19)16-25-22(23-3)24-14-15-28-20-8-6-5-7-9-20/h5-13,17H,4,14-16H2,1-3H3,(H,26,27)(H2,23,24,25). The molecule has 0 saturated heterocycles. The van der Waals surface area contributed by atoms with Gasteiger partial charge in [0.05, 0.1) is 6.54 Å². The summed E-state index contributed by atoms with van der Waals surface area (Å²) >= 11 is 0. The SMILES string of the molecule is CCC(C)NC(=O)c1ccc(CNC(=NC)NCCOc2ccccc2)cc1. The lowest BCUT2D eigenvalue weighted by atomic mass is 10.1. The van der Waals surface area contributed by atoms with E-state index in [2.05, 4.69) is 27.9 Å². The van der Waals surface area contributed by atoms with Crippen LogP contribution in [-0.2, 0) is 6.54 Å². The predicted molar refractivity (Wildman–Crippen MR) is 114 cm³/mol. The zero-order chi connectivity index (χ0) is 20.2. The molecule has 1 atom stereocenters. The molecule has 1 unspecified atom stereocenters. The van der Waals surface area contributed by atoms with E-state index in [1.54, 1.807) is 7.05 Å². The fourth-order valence-corrected chi connectivity index (χ4v) is 2.44. The molecule has 0 radical (unpaired) electrons. The highest BCUT2D eigenvalue weighted by molar-refractivity contribution is 5.94. The molecular weight excluding hydrogens is 352 g/mol.